The molecule has 0 unspecified atom stereocenters. The smallest absolute Gasteiger partial charge is 0.341 e. The van der Waals surface area contributed by atoms with E-state index in [1.54, 1.807) is 19.3 Å². The number of fused-ring (bicyclic) bond motifs is 1. The highest BCUT2D eigenvalue weighted by Crippen LogP contribution is 2.18. The van der Waals surface area contributed by atoms with Gasteiger partial charge < -0.3 is 9.30 Å². The molecule has 4 nitrogen and oxygen atoms in total. The maximum absolute atomic E-state index is 11.6. The summed E-state index contributed by atoms with van der Waals surface area (Å²) >= 11 is 0. The molecule has 0 N–H and O–H groups in total. The van der Waals surface area contributed by atoms with E-state index in [1.807, 2.05) is 23.7 Å². The van der Waals surface area contributed by atoms with E-state index in [1.165, 1.54) is 0 Å². The second-order valence-electron chi connectivity index (χ2n) is 3.25. The van der Waals surface area contributed by atoms with Crippen molar-refractivity contribution in [3.8, 4) is 0 Å². The molecule has 4 heteroatoms. The highest BCUT2D eigenvalue weighted by molar-refractivity contribution is 6.02. The number of nitrogens with zero attached hydrogens (tertiary/aromatic N) is 2. The van der Waals surface area contributed by atoms with Crippen molar-refractivity contribution in [2.75, 3.05) is 6.61 Å². The largest absolute Gasteiger partial charge is 0.462 e. The highest BCUT2D eigenvalue weighted by Gasteiger charge is 2.15. The molecular formula is C11H12N2O2. The van der Waals surface area contributed by atoms with Crippen LogP contribution in [-0.2, 0) is 11.8 Å². The normalized spacial score (nSPS) is 10.5. The van der Waals surface area contributed by atoms with Crippen LogP contribution in [-0.4, -0.2) is 22.1 Å². The number of pyridine rings is 1. The van der Waals surface area contributed by atoms with Gasteiger partial charge in [-0.05, 0) is 19.1 Å². The van der Waals surface area contributed by atoms with Crippen molar-refractivity contribution < 1.29 is 9.53 Å². The van der Waals surface area contributed by atoms with Gasteiger partial charge >= 0.3 is 5.97 Å². The van der Waals surface area contributed by atoms with Crippen molar-refractivity contribution in [2.24, 2.45) is 7.05 Å². The molecule has 0 saturated heterocycles. The predicted octanol–water partition coefficient (Wildman–Crippen LogP) is 1.75. The molecule has 2 heterocycles. The van der Waals surface area contributed by atoms with Crippen LogP contribution in [0.1, 0.15) is 17.3 Å². The first kappa shape index (κ1) is 9.71. The topological polar surface area (TPSA) is 44.1 Å². The van der Waals surface area contributed by atoms with Gasteiger partial charge in [0.05, 0.1) is 12.1 Å². The first-order valence-electron chi connectivity index (χ1n) is 4.81. The van der Waals surface area contributed by atoms with Gasteiger partial charge in [-0.1, -0.05) is 0 Å². The maximum Gasteiger partial charge on any atom is 0.341 e. The van der Waals surface area contributed by atoms with Gasteiger partial charge in [0.25, 0.3) is 0 Å². The number of ether oxygens (including phenoxy) is 1. The van der Waals surface area contributed by atoms with Crippen LogP contribution in [0.5, 0.6) is 0 Å². The zero-order chi connectivity index (χ0) is 10.8. The van der Waals surface area contributed by atoms with Gasteiger partial charge in [0.15, 0.2) is 0 Å². The average molecular weight is 204 g/mol. The number of carbonyl (C=O) groups excluding carboxylic acids is 1. The Hall–Kier alpha value is -1.84. The quantitative estimate of drug-likeness (QED) is 0.700. The Morgan fingerprint density at radius 2 is 2.40 bits per heavy atom. The minimum Gasteiger partial charge on any atom is -0.462 e. The fourth-order valence-electron chi connectivity index (χ4n) is 1.57. The number of aromatic nitrogens is 2. The summed E-state index contributed by atoms with van der Waals surface area (Å²) in [6.45, 7) is 2.17. The molecule has 2 aromatic rings. The molecule has 0 fully saturated rings. The van der Waals surface area contributed by atoms with Gasteiger partial charge in [-0.15, -0.1) is 0 Å². The molecule has 0 atom stereocenters. The molecule has 0 bridgehead atoms. The van der Waals surface area contributed by atoms with Crippen LogP contribution < -0.4 is 0 Å². The van der Waals surface area contributed by atoms with E-state index in [-0.39, 0.29) is 5.97 Å². The van der Waals surface area contributed by atoms with Crippen LogP contribution in [0.4, 0.5) is 0 Å². The van der Waals surface area contributed by atoms with E-state index in [0.29, 0.717) is 17.7 Å². The molecule has 0 spiro atoms. The lowest BCUT2D eigenvalue weighted by Gasteiger charge is -1.98. The summed E-state index contributed by atoms with van der Waals surface area (Å²) < 4.78 is 6.83. The minimum atomic E-state index is -0.318. The summed E-state index contributed by atoms with van der Waals surface area (Å²) in [4.78, 5) is 15.8. The lowest BCUT2D eigenvalue weighted by molar-refractivity contribution is 0.0528. The van der Waals surface area contributed by atoms with Crippen molar-refractivity contribution in [3.63, 3.8) is 0 Å². The minimum absolute atomic E-state index is 0.318. The Morgan fingerprint density at radius 3 is 3.13 bits per heavy atom. The molecular weight excluding hydrogens is 192 g/mol. The lowest BCUT2D eigenvalue weighted by Crippen LogP contribution is -2.04. The monoisotopic (exact) mass is 204 g/mol. The Morgan fingerprint density at radius 1 is 1.60 bits per heavy atom. The molecule has 15 heavy (non-hydrogen) atoms. The van der Waals surface area contributed by atoms with Crippen LogP contribution >= 0.6 is 0 Å². The predicted molar refractivity (Wildman–Crippen MR) is 56.7 cm³/mol. The number of aryl methyl sites for hydroxylation is 1. The molecule has 2 rings (SSSR count). The summed E-state index contributed by atoms with van der Waals surface area (Å²) in [6, 6.07) is 3.77. The summed E-state index contributed by atoms with van der Waals surface area (Å²) in [5.41, 5.74) is 2.15. The second-order valence-corrected chi connectivity index (χ2v) is 3.25. The van der Waals surface area contributed by atoms with Crippen molar-refractivity contribution >= 4 is 17.0 Å². The highest BCUT2D eigenvalue weighted by atomic mass is 16.5. The van der Waals surface area contributed by atoms with Gasteiger partial charge in [-0.3, -0.25) is 4.98 Å². The molecule has 0 radical (unpaired) electrons. The van der Waals surface area contributed by atoms with Gasteiger partial charge in [-0.2, -0.15) is 0 Å². The number of hydrogen-bond donors (Lipinski definition) is 0. The van der Waals surface area contributed by atoms with E-state index < -0.39 is 0 Å². The van der Waals surface area contributed by atoms with E-state index in [9.17, 15) is 4.79 Å². The first-order chi connectivity index (χ1) is 7.24. The summed E-state index contributed by atoms with van der Waals surface area (Å²) in [7, 11) is 1.88. The number of hydrogen-bond acceptors (Lipinski definition) is 3. The first-order valence-corrected chi connectivity index (χ1v) is 4.81. The summed E-state index contributed by atoms with van der Waals surface area (Å²) in [5, 5.41) is 0. The van der Waals surface area contributed by atoms with Crippen LogP contribution in [0.3, 0.4) is 0 Å². The fraction of sp³-hybridized carbons (Fsp3) is 0.273. The Labute approximate surface area is 87.5 Å². The van der Waals surface area contributed by atoms with Crippen LogP contribution in [0.25, 0.3) is 11.0 Å². The molecule has 0 aliphatic carbocycles. The number of rotatable bonds is 2. The molecule has 0 amide bonds. The third kappa shape index (κ3) is 1.58. The van der Waals surface area contributed by atoms with Crippen LogP contribution in [0.2, 0.25) is 0 Å². The SMILES string of the molecule is CCOC(=O)c1cn(C)c2cccnc12. The fourth-order valence-corrected chi connectivity index (χ4v) is 1.57. The van der Waals surface area contributed by atoms with E-state index in [0.717, 1.165) is 5.52 Å². The molecule has 0 aromatic carbocycles. The lowest BCUT2D eigenvalue weighted by atomic mass is 10.3. The molecule has 78 valence electrons. The molecule has 0 aliphatic rings. The molecule has 2 aromatic heterocycles. The third-order valence-corrected chi connectivity index (χ3v) is 2.24. The van der Waals surface area contributed by atoms with Crippen molar-refractivity contribution in [1.82, 2.24) is 9.55 Å². The van der Waals surface area contributed by atoms with Crippen molar-refractivity contribution in [3.05, 3.63) is 30.1 Å². The standard InChI is InChI=1S/C11H12N2O2/c1-3-15-11(14)8-7-13(2)9-5-4-6-12-10(8)9/h4-7H,3H2,1-2H3. The number of carbonyl (C=O) groups is 1. The second kappa shape index (κ2) is 3.73. The molecule has 0 aliphatic heterocycles. The summed E-state index contributed by atoms with van der Waals surface area (Å²) in [6.07, 6.45) is 3.42. The Bertz CT molecular complexity index is 502. The van der Waals surface area contributed by atoms with Gasteiger partial charge in [0.1, 0.15) is 11.1 Å². The molecule has 0 saturated carbocycles. The zero-order valence-corrected chi connectivity index (χ0v) is 8.73. The van der Waals surface area contributed by atoms with Crippen LogP contribution in [0.15, 0.2) is 24.5 Å². The number of esters is 1. The van der Waals surface area contributed by atoms with Gasteiger partial charge in [-0.25, -0.2) is 4.79 Å². The van der Waals surface area contributed by atoms with E-state index >= 15 is 0 Å². The van der Waals surface area contributed by atoms with Gasteiger partial charge in [0.2, 0.25) is 0 Å². The maximum atomic E-state index is 11.6. The van der Waals surface area contributed by atoms with Crippen molar-refractivity contribution in [1.29, 1.82) is 0 Å². The van der Waals surface area contributed by atoms with E-state index in [4.69, 9.17) is 4.74 Å². The van der Waals surface area contributed by atoms with Crippen LogP contribution in [0, 0.1) is 0 Å². The third-order valence-electron chi connectivity index (χ3n) is 2.24. The van der Waals surface area contributed by atoms with Crippen molar-refractivity contribution in [2.45, 2.75) is 6.92 Å². The Balaban J connectivity index is 2.57. The van der Waals surface area contributed by atoms with Gasteiger partial charge in [0, 0.05) is 19.4 Å². The van der Waals surface area contributed by atoms with E-state index in [2.05, 4.69) is 4.98 Å². The average Bonchev–Trinajstić information content (AvgIpc) is 2.58. The zero-order valence-electron chi connectivity index (χ0n) is 8.73. The summed E-state index contributed by atoms with van der Waals surface area (Å²) in [5.74, 6) is -0.318. The Kier molecular flexibility index (Phi) is 2.41.